The normalized spacial score (nSPS) is 11.7. The number of aliphatic imine (C=N–C) groups is 1. The van der Waals surface area contributed by atoms with Gasteiger partial charge in [0.2, 0.25) is 5.91 Å². The molecule has 0 radical (unpaired) electrons. The quantitative estimate of drug-likeness (QED) is 0.243. The molecule has 0 saturated carbocycles. The zero-order valence-corrected chi connectivity index (χ0v) is 20.3. The van der Waals surface area contributed by atoms with Crippen LogP contribution >= 0.6 is 24.0 Å². The molecule has 0 fully saturated rings. The summed E-state index contributed by atoms with van der Waals surface area (Å²) < 4.78 is 24.2. The van der Waals surface area contributed by atoms with Crippen molar-refractivity contribution in [1.29, 1.82) is 0 Å². The number of halogens is 2. The van der Waals surface area contributed by atoms with E-state index < -0.39 is 0 Å². The Hall–Kier alpha value is -2.56. The lowest BCUT2D eigenvalue weighted by Crippen LogP contribution is -2.45. The molecule has 0 spiro atoms. The first-order valence-corrected chi connectivity index (χ1v) is 9.80. The zero-order chi connectivity index (χ0) is 21.8. The van der Waals surface area contributed by atoms with E-state index in [-0.39, 0.29) is 48.3 Å². The van der Waals surface area contributed by atoms with Gasteiger partial charge in [-0.05, 0) is 36.2 Å². The molecule has 0 saturated heterocycles. The lowest BCUT2D eigenvalue weighted by Gasteiger charge is -2.20. The van der Waals surface area contributed by atoms with E-state index in [0.29, 0.717) is 24.8 Å². The van der Waals surface area contributed by atoms with Crippen molar-refractivity contribution in [3.63, 3.8) is 0 Å². The molecule has 1 unspecified atom stereocenters. The lowest BCUT2D eigenvalue weighted by molar-refractivity contribution is -0.120. The molecule has 1 atom stereocenters. The Morgan fingerprint density at radius 3 is 2.45 bits per heavy atom. The predicted molar refractivity (Wildman–Crippen MR) is 131 cm³/mol. The summed E-state index contributed by atoms with van der Waals surface area (Å²) in [6.07, 6.45) is 0.553. The maximum atomic E-state index is 13.3. The minimum absolute atomic E-state index is 0. The molecule has 0 aliphatic rings. The highest BCUT2D eigenvalue weighted by Gasteiger charge is 2.11. The van der Waals surface area contributed by atoms with Crippen molar-refractivity contribution < 1.29 is 18.7 Å². The van der Waals surface area contributed by atoms with Crippen LogP contribution in [0.4, 0.5) is 4.39 Å². The van der Waals surface area contributed by atoms with E-state index in [2.05, 4.69) is 20.9 Å². The van der Waals surface area contributed by atoms with E-state index in [1.54, 1.807) is 26.3 Å². The molecule has 2 aromatic rings. The third kappa shape index (κ3) is 9.86. The number of guanidine groups is 1. The van der Waals surface area contributed by atoms with Crippen LogP contribution in [-0.4, -0.2) is 45.2 Å². The fourth-order valence-corrected chi connectivity index (χ4v) is 2.60. The molecule has 31 heavy (non-hydrogen) atoms. The SMILES string of the molecule is CCC(CNC(=NC)NCC(=O)NCc1ccc(OC)cc1)Oc1cccc(F)c1.I. The van der Waals surface area contributed by atoms with Crippen LogP contribution < -0.4 is 25.4 Å². The molecule has 2 rings (SSSR count). The second-order valence-electron chi connectivity index (χ2n) is 6.54. The fraction of sp³-hybridized carbons (Fsp3) is 0.364. The first-order valence-electron chi connectivity index (χ1n) is 9.80. The molecule has 7 nitrogen and oxygen atoms in total. The summed E-state index contributed by atoms with van der Waals surface area (Å²) in [7, 11) is 3.23. The van der Waals surface area contributed by atoms with Crippen LogP contribution in [0.1, 0.15) is 18.9 Å². The molecular weight excluding hydrogens is 514 g/mol. The van der Waals surface area contributed by atoms with Gasteiger partial charge in [-0.1, -0.05) is 25.1 Å². The Balaban J connectivity index is 0.00000480. The average molecular weight is 544 g/mol. The number of rotatable bonds is 10. The van der Waals surface area contributed by atoms with Gasteiger partial charge in [-0.2, -0.15) is 0 Å². The van der Waals surface area contributed by atoms with Gasteiger partial charge >= 0.3 is 0 Å². The van der Waals surface area contributed by atoms with E-state index in [1.807, 2.05) is 31.2 Å². The number of amides is 1. The molecule has 2 aromatic carbocycles. The Morgan fingerprint density at radius 1 is 1.10 bits per heavy atom. The topological polar surface area (TPSA) is 84.0 Å². The third-order valence-electron chi connectivity index (χ3n) is 4.34. The van der Waals surface area contributed by atoms with Gasteiger partial charge in [-0.25, -0.2) is 4.39 Å². The standard InChI is InChI=1S/C22H29FN4O3.HI/c1-4-18(30-20-7-5-6-17(23)12-20)14-26-22(24-2)27-15-21(28)25-13-16-8-10-19(29-3)11-9-16;/h5-12,18H,4,13-15H2,1-3H3,(H,25,28)(H2,24,26,27);1H. The summed E-state index contributed by atoms with van der Waals surface area (Å²) in [5, 5.41) is 8.94. The number of benzene rings is 2. The molecule has 1 amide bonds. The van der Waals surface area contributed by atoms with Gasteiger partial charge in [-0.15, -0.1) is 24.0 Å². The van der Waals surface area contributed by atoms with Gasteiger partial charge in [0.1, 0.15) is 23.4 Å². The van der Waals surface area contributed by atoms with Crippen molar-refractivity contribution in [2.24, 2.45) is 4.99 Å². The Labute approximate surface area is 199 Å². The van der Waals surface area contributed by atoms with Crippen LogP contribution in [-0.2, 0) is 11.3 Å². The molecular formula is C22H30FIN4O3. The summed E-state index contributed by atoms with van der Waals surface area (Å²) in [5.74, 6) is 1.24. The van der Waals surface area contributed by atoms with Crippen LogP contribution in [0.25, 0.3) is 0 Å². The number of methoxy groups -OCH3 is 1. The van der Waals surface area contributed by atoms with E-state index in [9.17, 15) is 9.18 Å². The van der Waals surface area contributed by atoms with Gasteiger partial charge < -0.3 is 25.4 Å². The van der Waals surface area contributed by atoms with Crippen molar-refractivity contribution in [2.45, 2.75) is 26.0 Å². The van der Waals surface area contributed by atoms with Crippen molar-refractivity contribution in [3.8, 4) is 11.5 Å². The average Bonchev–Trinajstić information content (AvgIpc) is 2.77. The van der Waals surface area contributed by atoms with Crippen molar-refractivity contribution in [1.82, 2.24) is 16.0 Å². The lowest BCUT2D eigenvalue weighted by atomic mass is 10.2. The second kappa shape index (κ2) is 14.4. The van der Waals surface area contributed by atoms with Gasteiger partial charge in [0, 0.05) is 19.7 Å². The molecule has 9 heteroatoms. The molecule has 0 heterocycles. The first-order chi connectivity index (χ1) is 14.5. The highest BCUT2D eigenvalue weighted by molar-refractivity contribution is 14.0. The van der Waals surface area contributed by atoms with E-state index in [0.717, 1.165) is 17.7 Å². The maximum absolute atomic E-state index is 13.3. The number of carbonyl (C=O) groups is 1. The molecule has 0 bridgehead atoms. The predicted octanol–water partition coefficient (Wildman–Crippen LogP) is 3.09. The van der Waals surface area contributed by atoms with Gasteiger partial charge in [0.25, 0.3) is 0 Å². The highest BCUT2D eigenvalue weighted by Crippen LogP contribution is 2.14. The minimum atomic E-state index is -0.339. The van der Waals surface area contributed by atoms with Crippen LogP contribution in [0.2, 0.25) is 0 Å². The molecule has 0 aliphatic carbocycles. The number of hydrogen-bond donors (Lipinski definition) is 3. The number of nitrogens with one attached hydrogen (secondary N) is 3. The third-order valence-corrected chi connectivity index (χ3v) is 4.34. The Bertz CT molecular complexity index is 834. The van der Waals surface area contributed by atoms with E-state index >= 15 is 0 Å². The van der Waals surface area contributed by atoms with Crippen molar-refractivity contribution in [2.75, 3.05) is 27.2 Å². The summed E-state index contributed by atoms with van der Waals surface area (Å²) in [4.78, 5) is 16.2. The largest absolute Gasteiger partial charge is 0.497 e. The Kier molecular flexibility index (Phi) is 12.3. The fourth-order valence-electron chi connectivity index (χ4n) is 2.60. The second-order valence-corrected chi connectivity index (χ2v) is 6.54. The van der Waals surface area contributed by atoms with Gasteiger partial charge in [-0.3, -0.25) is 9.79 Å². The summed E-state index contributed by atoms with van der Waals surface area (Å²) >= 11 is 0. The van der Waals surface area contributed by atoms with Gasteiger partial charge in [0.15, 0.2) is 5.96 Å². The minimum Gasteiger partial charge on any atom is -0.497 e. The van der Waals surface area contributed by atoms with E-state index in [4.69, 9.17) is 9.47 Å². The van der Waals surface area contributed by atoms with Crippen LogP contribution in [0.15, 0.2) is 53.5 Å². The van der Waals surface area contributed by atoms with E-state index in [1.165, 1.54) is 12.1 Å². The van der Waals surface area contributed by atoms with Crippen LogP contribution in [0.5, 0.6) is 11.5 Å². The zero-order valence-electron chi connectivity index (χ0n) is 18.0. The smallest absolute Gasteiger partial charge is 0.239 e. The monoisotopic (exact) mass is 544 g/mol. The highest BCUT2D eigenvalue weighted by atomic mass is 127. The number of ether oxygens (including phenoxy) is 2. The number of nitrogens with zero attached hydrogens (tertiary/aromatic N) is 1. The number of carbonyl (C=O) groups excluding carboxylic acids is 1. The first kappa shape index (κ1) is 26.5. The molecule has 0 aromatic heterocycles. The summed E-state index contributed by atoms with van der Waals surface area (Å²) in [5.41, 5.74) is 0.979. The molecule has 3 N–H and O–H groups in total. The maximum Gasteiger partial charge on any atom is 0.239 e. The van der Waals surface area contributed by atoms with Gasteiger partial charge in [0.05, 0.1) is 20.2 Å². The summed E-state index contributed by atoms with van der Waals surface area (Å²) in [6, 6.07) is 13.5. The van der Waals surface area contributed by atoms with Crippen LogP contribution in [0, 0.1) is 5.82 Å². The van der Waals surface area contributed by atoms with Crippen LogP contribution in [0.3, 0.4) is 0 Å². The Morgan fingerprint density at radius 2 is 1.84 bits per heavy atom. The summed E-state index contributed by atoms with van der Waals surface area (Å²) in [6.45, 7) is 2.95. The molecule has 0 aliphatic heterocycles. The molecule has 170 valence electrons. The van der Waals surface area contributed by atoms with Crippen molar-refractivity contribution >= 4 is 35.8 Å². The number of hydrogen-bond acceptors (Lipinski definition) is 4. The van der Waals surface area contributed by atoms with Crippen molar-refractivity contribution in [3.05, 3.63) is 59.9 Å².